The van der Waals surface area contributed by atoms with E-state index in [1.807, 2.05) is 0 Å². The highest BCUT2D eigenvalue weighted by molar-refractivity contribution is 9.10. The second-order valence-corrected chi connectivity index (χ2v) is 13.6. The van der Waals surface area contributed by atoms with E-state index in [-0.39, 0.29) is 0 Å². The molecule has 3 heteroatoms. The van der Waals surface area contributed by atoms with Crippen molar-refractivity contribution >= 4 is 30.0 Å². The number of fused-ring (bicyclic) bond motifs is 1. The molecule has 1 aromatic rings. The molecular weight excluding hydrogens is 352 g/mol. The minimum absolute atomic E-state index is 0.606. The van der Waals surface area contributed by atoms with Crippen molar-refractivity contribution in [1.29, 1.82) is 0 Å². The van der Waals surface area contributed by atoms with Crippen LogP contribution in [0.5, 0.6) is 0 Å². The summed E-state index contributed by atoms with van der Waals surface area (Å²) in [7, 11) is -1.88. The molecule has 122 valence electrons. The quantitative estimate of drug-likeness (QED) is 0.503. The predicted molar refractivity (Wildman–Crippen MR) is 103 cm³/mol. The van der Waals surface area contributed by atoms with E-state index in [4.69, 9.17) is 4.43 Å². The zero-order valence-corrected chi connectivity index (χ0v) is 17.3. The number of benzene rings is 1. The van der Waals surface area contributed by atoms with Crippen molar-refractivity contribution in [3.8, 4) is 0 Å². The zero-order chi connectivity index (χ0) is 16.5. The summed E-state index contributed by atoms with van der Waals surface area (Å²) in [5, 5.41) is 0. The number of aryl methyl sites for hydroxylation is 1. The van der Waals surface area contributed by atoms with Gasteiger partial charge in [-0.1, -0.05) is 57.5 Å². The lowest BCUT2D eigenvalue weighted by Crippen LogP contribution is -2.47. The van der Waals surface area contributed by atoms with Crippen molar-refractivity contribution in [3.05, 3.63) is 39.9 Å². The molecule has 0 saturated heterocycles. The fourth-order valence-electron chi connectivity index (χ4n) is 4.12. The van der Waals surface area contributed by atoms with Gasteiger partial charge in [0, 0.05) is 10.0 Å². The summed E-state index contributed by atoms with van der Waals surface area (Å²) >= 11 is 3.59. The Bertz CT molecular complexity index is 539. The van der Waals surface area contributed by atoms with Crippen LogP contribution in [0.4, 0.5) is 0 Å². The van der Waals surface area contributed by atoms with Crippen LogP contribution in [-0.2, 0) is 10.8 Å². The monoisotopic (exact) mass is 380 g/mol. The maximum Gasteiger partial charge on any atom is 0.258 e. The Morgan fingerprint density at radius 2 is 1.59 bits per heavy atom. The molecule has 0 aromatic heterocycles. The van der Waals surface area contributed by atoms with Gasteiger partial charge in [0.25, 0.3) is 8.32 Å². The van der Waals surface area contributed by atoms with Crippen LogP contribution < -0.4 is 0 Å². The highest BCUT2D eigenvalue weighted by Gasteiger charge is 2.47. The summed E-state index contributed by atoms with van der Waals surface area (Å²) in [5.74, 6) is 1.14. The molecule has 1 aromatic carbocycles. The average molecular weight is 381 g/mol. The van der Waals surface area contributed by atoms with Crippen molar-refractivity contribution in [1.82, 2.24) is 0 Å². The van der Waals surface area contributed by atoms with Crippen molar-refractivity contribution < 1.29 is 4.43 Å². The van der Waals surface area contributed by atoms with Crippen LogP contribution in [0.2, 0.25) is 16.6 Å². The normalized spacial score (nSPS) is 15.3. The maximum absolute atomic E-state index is 6.91. The maximum atomic E-state index is 6.91. The molecule has 0 bridgehead atoms. The van der Waals surface area contributed by atoms with Crippen molar-refractivity contribution in [2.75, 3.05) is 0 Å². The Kier molecular flexibility index (Phi) is 5.60. The Morgan fingerprint density at radius 1 is 1.00 bits per heavy atom. The van der Waals surface area contributed by atoms with Crippen LogP contribution in [0.15, 0.2) is 28.7 Å². The van der Waals surface area contributed by atoms with Gasteiger partial charge in [-0.3, -0.25) is 0 Å². The molecule has 0 radical (unpaired) electrons. The van der Waals surface area contributed by atoms with Gasteiger partial charge in [-0.2, -0.15) is 0 Å². The molecule has 1 aliphatic rings. The van der Waals surface area contributed by atoms with Gasteiger partial charge in [-0.05, 0) is 59.3 Å². The summed E-state index contributed by atoms with van der Waals surface area (Å²) in [4.78, 5) is 0. The van der Waals surface area contributed by atoms with Crippen molar-refractivity contribution in [3.63, 3.8) is 0 Å². The first-order valence-electron chi connectivity index (χ1n) is 8.47. The smallest absolute Gasteiger partial charge is 0.258 e. The van der Waals surface area contributed by atoms with E-state index < -0.39 is 8.32 Å². The first-order chi connectivity index (χ1) is 10.3. The number of halogens is 1. The van der Waals surface area contributed by atoms with E-state index in [1.54, 1.807) is 0 Å². The summed E-state index contributed by atoms with van der Waals surface area (Å²) in [5.41, 5.74) is 4.52. The van der Waals surface area contributed by atoms with E-state index >= 15 is 0 Å². The highest BCUT2D eigenvalue weighted by atomic mass is 79.9. The summed E-state index contributed by atoms with van der Waals surface area (Å²) in [6, 6.07) is 6.59. The largest absolute Gasteiger partial charge is 0.542 e. The summed E-state index contributed by atoms with van der Waals surface area (Å²) in [6.45, 7) is 14.1. The molecule has 0 amide bonds. The third-order valence-corrected chi connectivity index (χ3v) is 11.6. The molecule has 0 aliphatic heterocycles. The van der Waals surface area contributed by atoms with E-state index in [0.29, 0.717) is 16.6 Å². The molecular formula is C19H29BrOSi. The Labute approximate surface area is 145 Å². The molecule has 0 spiro atoms. The topological polar surface area (TPSA) is 9.23 Å². The Hall–Kier alpha value is -0.543. The number of hydrogen-bond donors (Lipinski definition) is 0. The molecule has 0 heterocycles. The van der Waals surface area contributed by atoms with Gasteiger partial charge in [-0.15, -0.1) is 0 Å². The first kappa shape index (κ1) is 17.8. The molecule has 2 rings (SSSR count). The van der Waals surface area contributed by atoms with E-state index in [0.717, 1.165) is 23.1 Å². The Morgan fingerprint density at radius 3 is 2.14 bits per heavy atom. The van der Waals surface area contributed by atoms with Gasteiger partial charge >= 0.3 is 0 Å². The van der Waals surface area contributed by atoms with E-state index in [2.05, 4.69) is 81.7 Å². The lowest BCUT2D eigenvalue weighted by atomic mass is 9.96. The number of allylic oxidation sites excluding steroid dienone is 1. The summed E-state index contributed by atoms with van der Waals surface area (Å²) < 4.78 is 8.07. The SMILES string of the molecule is CC(C)[Si](OC1=CCCc2cc(Br)ccc21)(C(C)C)C(C)C. The third kappa shape index (κ3) is 3.21. The Balaban J connectivity index is 2.42. The second kappa shape index (κ2) is 6.92. The highest BCUT2D eigenvalue weighted by Crippen LogP contribution is 2.46. The zero-order valence-electron chi connectivity index (χ0n) is 14.7. The van der Waals surface area contributed by atoms with Gasteiger partial charge in [0.1, 0.15) is 5.76 Å². The lowest BCUT2D eigenvalue weighted by Gasteiger charge is -2.43. The fourth-order valence-corrected chi connectivity index (χ4v) is 9.81. The average Bonchev–Trinajstić information content (AvgIpc) is 2.43. The minimum atomic E-state index is -1.88. The van der Waals surface area contributed by atoms with Crippen molar-refractivity contribution in [2.24, 2.45) is 0 Å². The van der Waals surface area contributed by atoms with Crippen LogP contribution in [0.25, 0.3) is 5.76 Å². The molecule has 22 heavy (non-hydrogen) atoms. The molecule has 0 unspecified atom stereocenters. The fraction of sp³-hybridized carbons (Fsp3) is 0.579. The molecule has 1 nitrogen and oxygen atoms in total. The minimum Gasteiger partial charge on any atom is -0.542 e. The van der Waals surface area contributed by atoms with Crippen LogP contribution in [-0.4, -0.2) is 8.32 Å². The van der Waals surface area contributed by atoms with Gasteiger partial charge in [0.2, 0.25) is 0 Å². The molecule has 0 saturated carbocycles. The van der Waals surface area contributed by atoms with Gasteiger partial charge in [0.05, 0.1) is 0 Å². The van der Waals surface area contributed by atoms with E-state index in [9.17, 15) is 0 Å². The van der Waals surface area contributed by atoms with Gasteiger partial charge in [-0.25, -0.2) is 0 Å². The number of rotatable bonds is 5. The number of hydrogen-bond acceptors (Lipinski definition) is 1. The third-order valence-electron chi connectivity index (χ3n) is 5.07. The second-order valence-electron chi connectivity index (χ2n) is 7.33. The van der Waals surface area contributed by atoms with Crippen LogP contribution in [0.3, 0.4) is 0 Å². The van der Waals surface area contributed by atoms with Crippen LogP contribution in [0, 0.1) is 0 Å². The lowest BCUT2D eigenvalue weighted by molar-refractivity contribution is 0.440. The van der Waals surface area contributed by atoms with E-state index in [1.165, 1.54) is 11.1 Å². The first-order valence-corrected chi connectivity index (χ1v) is 11.4. The molecule has 0 N–H and O–H groups in total. The molecule has 1 aliphatic carbocycles. The van der Waals surface area contributed by atoms with Crippen LogP contribution >= 0.6 is 15.9 Å². The molecule has 0 atom stereocenters. The van der Waals surface area contributed by atoms with Crippen LogP contribution in [0.1, 0.15) is 59.1 Å². The molecule has 0 fully saturated rings. The van der Waals surface area contributed by atoms with Gasteiger partial charge in [0.15, 0.2) is 0 Å². The summed E-state index contributed by atoms with van der Waals surface area (Å²) in [6.07, 6.45) is 4.50. The van der Waals surface area contributed by atoms with Gasteiger partial charge < -0.3 is 4.43 Å². The standard InChI is InChI=1S/C19H29BrOSi/c1-13(2)22(14(3)4,15(5)6)21-19-9-7-8-16-12-17(20)10-11-18(16)19/h9-15H,7-8H2,1-6H3. The predicted octanol–water partition coefficient (Wildman–Crippen LogP) is 6.93. The van der Waals surface area contributed by atoms with Crippen molar-refractivity contribution in [2.45, 2.75) is 71.0 Å².